The van der Waals surface area contributed by atoms with E-state index in [0.717, 1.165) is 51.0 Å². The van der Waals surface area contributed by atoms with E-state index in [0.29, 0.717) is 23.1 Å². The Kier molecular flexibility index (Phi) is 5.78. The van der Waals surface area contributed by atoms with Gasteiger partial charge in [0.25, 0.3) is 0 Å². The van der Waals surface area contributed by atoms with Gasteiger partial charge in [0.1, 0.15) is 5.75 Å². The van der Waals surface area contributed by atoms with E-state index in [9.17, 15) is 18.0 Å². The molecule has 160 valence electrons. The lowest BCUT2D eigenvalue weighted by atomic mass is 9.78. The molecule has 1 aliphatic carbocycles. The minimum atomic E-state index is -4.19. The molecule has 0 radical (unpaired) electrons. The molecule has 1 aromatic carbocycles. The van der Waals surface area contributed by atoms with Gasteiger partial charge in [-0.15, -0.1) is 0 Å². The molecule has 3 fully saturated rings. The molecular formula is C22H29F3N2O2. The van der Waals surface area contributed by atoms with Gasteiger partial charge in [0.2, 0.25) is 6.41 Å². The van der Waals surface area contributed by atoms with Crippen LogP contribution in [0.3, 0.4) is 0 Å². The molecule has 1 amide bonds. The summed E-state index contributed by atoms with van der Waals surface area (Å²) >= 11 is 0. The van der Waals surface area contributed by atoms with Gasteiger partial charge in [0, 0.05) is 24.5 Å². The predicted molar refractivity (Wildman–Crippen MR) is 104 cm³/mol. The third kappa shape index (κ3) is 4.71. The van der Waals surface area contributed by atoms with Crippen LogP contribution in [0.2, 0.25) is 0 Å². The van der Waals surface area contributed by atoms with Crippen LogP contribution >= 0.6 is 0 Å². The van der Waals surface area contributed by atoms with Gasteiger partial charge >= 0.3 is 6.18 Å². The Morgan fingerprint density at radius 2 is 1.86 bits per heavy atom. The van der Waals surface area contributed by atoms with Crippen LogP contribution in [0.4, 0.5) is 13.2 Å². The predicted octanol–water partition coefficient (Wildman–Crippen LogP) is 4.21. The van der Waals surface area contributed by atoms with E-state index < -0.39 is 12.6 Å². The third-order valence-corrected chi connectivity index (χ3v) is 6.95. The van der Waals surface area contributed by atoms with Crippen LogP contribution in [0, 0.1) is 5.41 Å². The number of likely N-dealkylation sites (tertiary alicyclic amines) is 2. The number of carbonyl (C=O) groups is 1. The van der Waals surface area contributed by atoms with Crippen molar-refractivity contribution in [2.45, 2.75) is 56.7 Å². The van der Waals surface area contributed by atoms with Crippen LogP contribution in [0.15, 0.2) is 24.3 Å². The Balaban J connectivity index is 1.29. The topological polar surface area (TPSA) is 32.8 Å². The Labute approximate surface area is 170 Å². The number of para-hydroxylation sites is 1. The minimum Gasteiger partial charge on any atom is -0.493 e. The molecule has 1 spiro atoms. The highest BCUT2D eigenvalue weighted by atomic mass is 19.4. The number of nitrogens with zero attached hydrogens (tertiary/aromatic N) is 2. The highest BCUT2D eigenvalue weighted by molar-refractivity contribution is 5.49. The molecular weight excluding hydrogens is 381 g/mol. The lowest BCUT2D eigenvalue weighted by molar-refractivity contribution is -0.139. The maximum Gasteiger partial charge on any atom is 0.392 e. The van der Waals surface area contributed by atoms with Gasteiger partial charge in [-0.2, -0.15) is 13.2 Å². The van der Waals surface area contributed by atoms with Crippen molar-refractivity contribution in [2.24, 2.45) is 5.41 Å². The molecule has 2 aliphatic heterocycles. The van der Waals surface area contributed by atoms with Crippen molar-refractivity contribution in [1.29, 1.82) is 0 Å². The number of halogens is 3. The number of amides is 1. The molecule has 0 bridgehead atoms. The number of carbonyl (C=O) groups excluding carboxylic acids is 1. The monoisotopic (exact) mass is 410 g/mol. The van der Waals surface area contributed by atoms with Crippen LogP contribution in [0.5, 0.6) is 5.75 Å². The van der Waals surface area contributed by atoms with E-state index in [2.05, 4.69) is 4.90 Å². The second-order valence-electron chi connectivity index (χ2n) is 8.97. The second-order valence-corrected chi connectivity index (χ2v) is 8.97. The van der Waals surface area contributed by atoms with E-state index in [4.69, 9.17) is 4.74 Å². The molecule has 1 saturated carbocycles. The summed E-state index contributed by atoms with van der Waals surface area (Å²) in [7, 11) is 0. The van der Waals surface area contributed by atoms with Crippen molar-refractivity contribution in [1.82, 2.24) is 9.80 Å². The minimum absolute atomic E-state index is 0.331. The van der Waals surface area contributed by atoms with Crippen molar-refractivity contribution < 1.29 is 22.7 Å². The Morgan fingerprint density at radius 3 is 2.55 bits per heavy atom. The van der Waals surface area contributed by atoms with Gasteiger partial charge in [-0.25, -0.2) is 0 Å². The van der Waals surface area contributed by atoms with E-state index in [1.165, 1.54) is 19.3 Å². The molecule has 7 heteroatoms. The third-order valence-electron chi connectivity index (χ3n) is 6.95. The maximum absolute atomic E-state index is 12.4. The quantitative estimate of drug-likeness (QED) is 0.659. The number of piperidine rings is 1. The lowest BCUT2D eigenvalue weighted by Gasteiger charge is -2.47. The molecule has 1 atom stereocenters. The molecule has 2 saturated heterocycles. The van der Waals surface area contributed by atoms with E-state index in [1.54, 1.807) is 6.07 Å². The first-order valence-electron chi connectivity index (χ1n) is 10.6. The maximum atomic E-state index is 12.4. The zero-order valence-electron chi connectivity index (χ0n) is 16.7. The molecule has 1 unspecified atom stereocenters. The largest absolute Gasteiger partial charge is 0.493 e. The molecule has 4 nitrogen and oxygen atoms in total. The van der Waals surface area contributed by atoms with Crippen LogP contribution in [-0.4, -0.2) is 61.2 Å². The first-order valence-corrected chi connectivity index (χ1v) is 10.6. The molecule has 2 heterocycles. The van der Waals surface area contributed by atoms with Crippen molar-refractivity contribution in [3.63, 3.8) is 0 Å². The van der Waals surface area contributed by atoms with Gasteiger partial charge in [-0.05, 0) is 62.7 Å². The summed E-state index contributed by atoms with van der Waals surface area (Å²) in [5, 5.41) is 0. The van der Waals surface area contributed by atoms with Crippen molar-refractivity contribution in [3.05, 3.63) is 29.8 Å². The molecule has 0 aromatic heterocycles. The average molecular weight is 410 g/mol. The molecule has 4 rings (SSSR count). The second kappa shape index (κ2) is 8.17. The highest BCUT2D eigenvalue weighted by Crippen LogP contribution is 2.47. The number of alkyl halides is 3. The standard InChI is InChI=1S/C22H29F3N2O2/c23-22(24,25)9-12-29-20-4-2-1-3-19(20)17-6-10-27(11-7-17)18-5-8-21(13-18)14-26(15-21)16-28/h1-4,16-18H,5-15H2. The van der Waals surface area contributed by atoms with E-state index in [1.807, 2.05) is 23.1 Å². The number of hydrogen-bond acceptors (Lipinski definition) is 3. The number of ether oxygens (including phenoxy) is 1. The normalized spacial score (nSPS) is 25.2. The van der Waals surface area contributed by atoms with Crippen LogP contribution < -0.4 is 4.74 Å². The summed E-state index contributed by atoms with van der Waals surface area (Å²) in [4.78, 5) is 15.3. The zero-order valence-corrected chi connectivity index (χ0v) is 16.7. The fraction of sp³-hybridized carbons (Fsp3) is 0.682. The van der Waals surface area contributed by atoms with Crippen molar-refractivity contribution >= 4 is 6.41 Å². The Morgan fingerprint density at radius 1 is 1.14 bits per heavy atom. The number of benzene rings is 1. The summed E-state index contributed by atoms with van der Waals surface area (Å²) in [6, 6.07) is 8.14. The lowest BCUT2D eigenvalue weighted by Crippen LogP contribution is -2.55. The zero-order chi connectivity index (χ0) is 20.5. The van der Waals surface area contributed by atoms with Crippen LogP contribution in [0.25, 0.3) is 0 Å². The first-order chi connectivity index (χ1) is 13.9. The molecule has 29 heavy (non-hydrogen) atoms. The average Bonchev–Trinajstić information content (AvgIpc) is 3.12. The van der Waals surface area contributed by atoms with Crippen LogP contribution in [0.1, 0.15) is 50.0 Å². The fourth-order valence-electron chi connectivity index (χ4n) is 5.47. The van der Waals surface area contributed by atoms with Gasteiger partial charge < -0.3 is 14.5 Å². The van der Waals surface area contributed by atoms with Crippen molar-refractivity contribution in [3.8, 4) is 5.75 Å². The van der Waals surface area contributed by atoms with Gasteiger partial charge in [0.15, 0.2) is 0 Å². The molecule has 3 aliphatic rings. The van der Waals surface area contributed by atoms with Gasteiger partial charge in [-0.1, -0.05) is 18.2 Å². The van der Waals surface area contributed by atoms with E-state index >= 15 is 0 Å². The summed E-state index contributed by atoms with van der Waals surface area (Å²) in [5.74, 6) is 0.927. The summed E-state index contributed by atoms with van der Waals surface area (Å²) in [6.07, 6.45) is 1.43. The van der Waals surface area contributed by atoms with Gasteiger partial charge in [-0.3, -0.25) is 4.79 Å². The SMILES string of the molecule is O=CN1CC2(CCC(N3CCC(c4ccccc4OCCC(F)(F)F)CC3)C2)C1. The fourth-order valence-corrected chi connectivity index (χ4v) is 5.47. The summed E-state index contributed by atoms with van der Waals surface area (Å²) in [6.45, 7) is 3.51. The summed E-state index contributed by atoms with van der Waals surface area (Å²) < 4.78 is 42.8. The highest BCUT2D eigenvalue weighted by Gasteiger charge is 2.49. The first kappa shape index (κ1) is 20.5. The molecule has 1 aromatic rings. The van der Waals surface area contributed by atoms with Gasteiger partial charge in [0.05, 0.1) is 13.0 Å². The van der Waals surface area contributed by atoms with E-state index in [-0.39, 0.29) is 6.61 Å². The number of hydrogen-bond donors (Lipinski definition) is 0. The van der Waals surface area contributed by atoms with Crippen LogP contribution in [-0.2, 0) is 4.79 Å². The molecule has 0 N–H and O–H groups in total. The Hall–Kier alpha value is -1.76. The summed E-state index contributed by atoms with van der Waals surface area (Å²) in [5.41, 5.74) is 1.39. The van der Waals surface area contributed by atoms with Crippen molar-refractivity contribution in [2.75, 3.05) is 32.8 Å². The Bertz CT molecular complexity index is 710. The number of rotatable bonds is 6. The smallest absolute Gasteiger partial charge is 0.392 e.